The number of ether oxygens (including phenoxy) is 2. The summed E-state index contributed by atoms with van der Waals surface area (Å²) >= 11 is 7.57. The SMILES string of the molecule is CSC1O[C@H]([C@H](NC(=O)[C@H]2NC[C@@H]3C[C@@H](C4(C)C=CC(C(F)(F)F)=CC4)CCO[C@H]32)[C@H](C)Cl)C(O)C(O)[C@H]1O. The number of hydrogen-bond acceptors (Lipinski definition) is 8. The topological polar surface area (TPSA) is 120 Å². The minimum atomic E-state index is -4.36. The van der Waals surface area contributed by atoms with E-state index in [0.29, 0.717) is 26.0 Å². The molecule has 4 rings (SSSR count). The molecule has 4 aliphatic rings. The highest BCUT2D eigenvalue weighted by Gasteiger charge is 2.50. The monoisotopic (exact) mass is 598 g/mol. The summed E-state index contributed by atoms with van der Waals surface area (Å²) < 4.78 is 51.3. The summed E-state index contributed by atoms with van der Waals surface area (Å²) in [4.78, 5) is 13.5. The predicted octanol–water partition coefficient (Wildman–Crippen LogP) is 2.11. The van der Waals surface area contributed by atoms with E-state index in [2.05, 4.69) is 10.6 Å². The number of nitrogens with one attached hydrogen (secondary N) is 2. The van der Waals surface area contributed by atoms with Crippen LogP contribution in [0.4, 0.5) is 13.2 Å². The molecule has 13 heteroatoms. The van der Waals surface area contributed by atoms with E-state index in [0.717, 1.165) is 0 Å². The standard InChI is InChI=1S/C26H38ClF3N2O6S/c1-12(27)16(22-19(34)18(33)20(35)24(38-22)39-3)32-23(36)17-21-13(11-31-17)10-15(6-9-37-21)25(2)7-4-14(5-8-25)26(28,29)30/h4-5,7,12-13,15-22,24,31,33-35H,6,8-11H2,1-3H3,(H,32,36)/t12-,13-,15-,16+,17-,18?,19?,20+,21+,22+,24?,25?/m0/s1. The van der Waals surface area contributed by atoms with Gasteiger partial charge in [0.15, 0.2) is 0 Å². The molecule has 0 spiro atoms. The van der Waals surface area contributed by atoms with Gasteiger partial charge in [0.1, 0.15) is 35.9 Å². The summed E-state index contributed by atoms with van der Waals surface area (Å²) in [5.74, 6) is -0.332. The van der Waals surface area contributed by atoms with Gasteiger partial charge in [-0.25, -0.2) is 0 Å². The number of rotatable bonds is 6. The molecular formula is C26H38ClF3N2O6S. The zero-order chi connectivity index (χ0) is 28.7. The fourth-order valence-corrected chi connectivity index (χ4v) is 7.13. The zero-order valence-electron chi connectivity index (χ0n) is 22.1. The van der Waals surface area contributed by atoms with E-state index in [1.54, 1.807) is 19.3 Å². The van der Waals surface area contributed by atoms with Gasteiger partial charge in [0.05, 0.1) is 23.1 Å². The number of fused-ring (bicyclic) bond motifs is 1. The summed E-state index contributed by atoms with van der Waals surface area (Å²) in [5, 5.41) is 36.6. The molecule has 222 valence electrons. The first-order chi connectivity index (χ1) is 18.3. The third-order valence-corrected chi connectivity index (χ3v) is 9.83. The molecule has 0 saturated carbocycles. The van der Waals surface area contributed by atoms with E-state index in [9.17, 15) is 33.3 Å². The van der Waals surface area contributed by atoms with Crippen molar-refractivity contribution in [2.75, 3.05) is 19.4 Å². The average molecular weight is 599 g/mol. The van der Waals surface area contributed by atoms with Crippen LogP contribution >= 0.6 is 23.4 Å². The molecule has 1 aliphatic carbocycles. The van der Waals surface area contributed by atoms with Crippen molar-refractivity contribution in [1.29, 1.82) is 0 Å². The number of aliphatic hydroxyl groups is 3. The molecule has 3 heterocycles. The van der Waals surface area contributed by atoms with Gasteiger partial charge >= 0.3 is 6.18 Å². The number of carbonyl (C=O) groups excluding carboxylic acids is 1. The van der Waals surface area contributed by atoms with Crippen LogP contribution in [0.15, 0.2) is 23.8 Å². The van der Waals surface area contributed by atoms with Crippen molar-refractivity contribution in [3.8, 4) is 0 Å². The molecule has 3 aliphatic heterocycles. The van der Waals surface area contributed by atoms with E-state index < -0.39 is 76.5 Å². The Kier molecular flexibility index (Phi) is 9.70. The number of aliphatic hydroxyl groups excluding tert-OH is 3. The van der Waals surface area contributed by atoms with E-state index in [1.807, 2.05) is 6.92 Å². The van der Waals surface area contributed by atoms with Crippen LogP contribution in [0.3, 0.4) is 0 Å². The molecule has 5 N–H and O–H groups in total. The molecule has 0 aromatic carbocycles. The van der Waals surface area contributed by atoms with Crippen LogP contribution in [-0.4, -0.2) is 100 Å². The third kappa shape index (κ3) is 6.48. The van der Waals surface area contributed by atoms with Crippen LogP contribution < -0.4 is 10.6 Å². The highest BCUT2D eigenvalue weighted by molar-refractivity contribution is 7.99. The highest BCUT2D eigenvalue weighted by Crippen LogP contribution is 2.46. The molecule has 0 bridgehead atoms. The van der Waals surface area contributed by atoms with Gasteiger partial charge in [-0.15, -0.1) is 23.4 Å². The highest BCUT2D eigenvalue weighted by atomic mass is 35.5. The van der Waals surface area contributed by atoms with E-state index in [-0.39, 0.29) is 18.3 Å². The second-order valence-electron chi connectivity index (χ2n) is 11.3. The Labute approximate surface area is 235 Å². The molecule has 8 nitrogen and oxygen atoms in total. The Bertz CT molecular complexity index is 953. The minimum Gasteiger partial charge on any atom is -0.388 e. The quantitative estimate of drug-likeness (QED) is 0.295. The first kappa shape index (κ1) is 31.1. The number of alkyl halides is 4. The summed E-state index contributed by atoms with van der Waals surface area (Å²) in [6.07, 6.45) is -2.65. The van der Waals surface area contributed by atoms with Gasteiger partial charge in [-0.05, 0) is 49.7 Å². The van der Waals surface area contributed by atoms with Crippen molar-refractivity contribution in [3.05, 3.63) is 23.8 Å². The third-order valence-electron chi connectivity index (χ3n) is 8.70. The van der Waals surface area contributed by atoms with Gasteiger partial charge in [-0.2, -0.15) is 13.2 Å². The second-order valence-corrected chi connectivity index (χ2v) is 12.9. The van der Waals surface area contributed by atoms with Gasteiger partial charge in [0.25, 0.3) is 0 Å². The predicted molar refractivity (Wildman–Crippen MR) is 141 cm³/mol. The smallest absolute Gasteiger partial charge is 0.388 e. The molecule has 3 fully saturated rings. The Balaban J connectivity index is 1.42. The van der Waals surface area contributed by atoms with Crippen molar-refractivity contribution in [3.63, 3.8) is 0 Å². The molecule has 39 heavy (non-hydrogen) atoms. The molecule has 4 unspecified atom stereocenters. The summed E-state index contributed by atoms with van der Waals surface area (Å²) in [7, 11) is 0. The number of amides is 1. The Morgan fingerprint density at radius 3 is 2.59 bits per heavy atom. The van der Waals surface area contributed by atoms with Crippen molar-refractivity contribution in [2.24, 2.45) is 17.3 Å². The Hall–Kier alpha value is -0.860. The number of carbonyl (C=O) groups is 1. The maximum Gasteiger partial charge on any atom is 0.416 e. The molecular weight excluding hydrogens is 561 g/mol. The zero-order valence-corrected chi connectivity index (χ0v) is 23.7. The average Bonchev–Trinajstić information content (AvgIpc) is 3.15. The van der Waals surface area contributed by atoms with Crippen LogP contribution in [0, 0.1) is 17.3 Å². The number of hydrogen-bond donors (Lipinski definition) is 5. The molecule has 3 saturated heterocycles. The lowest BCUT2D eigenvalue weighted by Gasteiger charge is -2.44. The Morgan fingerprint density at radius 2 is 2.00 bits per heavy atom. The van der Waals surface area contributed by atoms with Crippen molar-refractivity contribution in [1.82, 2.24) is 10.6 Å². The first-order valence-electron chi connectivity index (χ1n) is 13.3. The molecule has 0 aromatic rings. The van der Waals surface area contributed by atoms with Gasteiger partial charge in [0.2, 0.25) is 5.91 Å². The van der Waals surface area contributed by atoms with Crippen molar-refractivity contribution >= 4 is 29.3 Å². The van der Waals surface area contributed by atoms with Crippen LogP contribution in [0.25, 0.3) is 0 Å². The number of thioether (sulfide) groups is 1. The van der Waals surface area contributed by atoms with Crippen LogP contribution in [-0.2, 0) is 14.3 Å². The number of halogens is 4. The van der Waals surface area contributed by atoms with E-state index >= 15 is 0 Å². The van der Waals surface area contributed by atoms with Crippen molar-refractivity contribution in [2.45, 2.75) is 92.7 Å². The molecule has 12 atom stereocenters. The molecule has 1 amide bonds. The van der Waals surface area contributed by atoms with E-state index in [4.69, 9.17) is 21.1 Å². The lowest BCUT2D eigenvalue weighted by atomic mass is 9.67. The fraction of sp³-hybridized carbons (Fsp3) is 0.808. The van der Waals surface area contributed by atoms with Gasteiger partial charge in [-0.3, -0.25) is 4.79 Å². The summed E-state index contributed by atoms with van der Waals surface area (Å²) in [5.41, 5.74) is -1.88. The minimum absolute atomic E-state index is 0.0206. The summed E-state index contributed by atoms with van der Waals surface area (Å²) in [6, 6.07) is -1.57. The van der Waals surface area contributed by atoms with Crippen molar-refractivity contribution < 1.29 is 42.8 Å². The van der Waals surface area contributed by atoms with Gasteiger partial charge in [-0.1, -0.05) is 25.2 Å². The van der Waals surface area contributed by atoms with Gasteiger partial charge in [0, 0.05) is 13.2 Å². The van der Waals surface area contributed by atoms with Gasteiger partial charge < -0.3 is 35.4 Å². The number of allylic oxidation sites excluding steroid dienone is 4. The fourth-order valence-electron chi connectivity index (χ4n) is 6.24. The largest absolute Gasteiger partial charge is 0.416 e. The maximum atomic E-state index is 13.5. The lowest BCUT2D eigenvalue weighted by molar-refractivity contribution is -0.205. The molecule has 0 aromatic heterocycles. The first-order valence-corrected chi connectivity index (χ1v) is 15.0. The normalized spacial score (nSPS) is 42.7. The Morgan fingerprint density at radius 1 is 1.28 bits per heavy atom. The van der Waals surface area contributed by atoms with E-state index in [1.165, 1.54) is 23.9 Å². The second kappa shape index (κ2) is 12.2. The van der Waals surface area contributed by atoms with Crippen LogP contribution in [0.1, 0.15) is 33.1 Å². The van der Waals surface area contributed by atoms with Crippen LogP contribution in [0.2, 0.25) is 0 Å². The van der Waals surface area contributed by atoms with Crippen LogP contribution in [0.5, 0.6) is 0 Å². The maximum absolute atomic E-state index is 13.5. The summed E-state index contributed by atoms with van der Waals surface area (Å²) in [6.45, 7) is 4.49. The lowest BCUT2D eigenvalue weighted by Crippen LogP contribution is -2.65. The molecule has 0 radical (unpaired) electrons.